The second-order valence-electron chi connectivity index (χ2n) is 5.07. The lowest BCUT2D eigenvalue weighted by Gasteiger charge is -2.05. The molecule has 1 aliphatic rings. The van der Waals surface area contributed by atoms with Crippen LogP contribution in [0.5, 0.6) is 0 Å². The van der Waals surface area contributed by atoms with Crippen molar-refractivity contribution in [3.63, 3.8) is 0 Å². The number of nitrogens with one attached hydrogen (secondary N) is 3. The Morgan fingerprint density at radius 3 is 3.00 bits per heavy atom. The van der Waals surface area contributed by atoms with Gasteiger partial charge in [-0.2, -0.15) is 0 Å². The minimum absolute atomic E-state index is 0.192. The summed E-state index contributed by atoms with van der Waals surface area (Å²) < 4.78 is 0. The molecule has 0 aliphatic carbocycles. The third kappa shape index (κ3) is 2.59. The first-order chi connectivity index (χ1) is 11.7. The number of hydrogen-bond donors (Lipinski definition) is 3. The Balaban J connectivity index is 1.66. The summed E-state index contributed by atoms with van der Waals surface area (Å²) in [4.78, 5) is 35.1. The van der Waals surface area contributed by atoms with E-state index in [0.29, 0.717) is 22.0 Å². The van der Waals surface area contributed by atoms with E-state index in [2.05, 4.69) is 25.6 Å². The molecule has 118 valence electrons. The fourth-order valence-electron chi connectivity index (χ4n) is 2.43. The molecule has 0 spiro atoms. The number of nitrogens with zero attached hydrogens (tertiary/aromatic N) is 2. The van der Waals surface area contributed by atoms with Crippen LogP contribution in [0.3, 0.4) is 0 Å². The van der Waals surface area contributed by atoms with Gasteiger partial charge < -0.3 is 15.6 Å². The molecule has 7 nitrogen and oxygen atoms in total. The highest BCUT2D eigenvalue weighted by atomic mass is 32.1. The number of benzene rings is 1. The van der Waals surface area contributed by atoms with E-state index in [4.69, 9.17) is 0 Å². The zero-order valence-electron chi connectivity index (χ0n) is 12.2. The van der Waals surface area contributed by atoms with E-state index in [-0.39, 0.29) is 11.8 Å². The fraction of sp³-hybridized carbons (Fsp3) is 0. The predicted octanol–water partition coefficient (Wildman–Crippen LogP) is 2.61. The van der Waals surface area contributed by atoms with Crippen LogP contribution in [0.25, 0.3) is 11.6 Å². The van der Waals surface area contributed by atoms with E-state index in [0.717, 1.165) is 11.3 Å². The van der Waals surface area contributed by atoms with Crippen molar-refractivity contribution in [2.45, 2.75) is 0 Å². The average molecular weight is 337 g/mol. The largest absolute Gasteiger partial charge is 0.345 e. The number of imidazole rings is 1. The number of H-pyrrole nitrogens is 1. The zero-order chi connectivity index (χ0) is 16.5. The number of carbonyl (C=O) groups is 2. The molecule has 4 rings (SSSR count). The van der Waals surface area contributed by atoms with Crippen LogP contribution in [0.15, 0.2) is 42.3 Å². The van der Waals surface area contributed by atoms with Crippen LogP contribution in [0, 0.1) is 0 Å². The van der Waals surface area contributed by atoms with Gasteiger partial charge in [0.05, 0.1) is 23.8 Å². The van der Waals surface area contributed by atoms with Gasteiger partial charge in [0.25, 0.3) is 11.8 Å². The van der Waals surface area contributed by atoms with Crippen LogP contribution in [0.4, 0.5) is 11.4 Å². The molecule has 0 unspecified atom stereocenters. The van der Waals surface area contributed by atoms with Crippen molar-refractivity contribution in [1.29, 1.82) is 0 Å². The molecule has 0 atom stereocenters. The quantitative estimate of drug-likeness (QED) is 0.640. The van der Waals surface area contributed by atoms with Crippen molar-refractivity contribution in [3.8, 4) is 0 Å². The van der Waals surface area contributed by atoms with Crippen LogP contribution in [0.2, 0.25) is 0 Å². The molecule has 0 fully saturated rings. The van der Waals surface area contributed by atoms with Gasteiger partial charge in [0.1, 0.15) is 0 Å². The van der Waals surface area contributed by atoms with Crippen LogP contribution >= 0.6 is 11.3 Å². The molecule has 8 heteroatoms. The Morgan fingerprint density at radius 2 is 2.25 bits per heavy atom. The predicted molar refractivity (Wildman–Crippen MR) is 91.6 cm³/mol. The molecule has 24 heavy (non-hydrogen) atoms. The molecule has 3 N–H and O–H groups in total. The van der Waals surface area contributed by atoms with Crippen LogP contribution < -0.4 is 10.6 Å². The van der Waals surface area contributed by atoms with E-state index in [1.807, 2.05) is 0 Å². The summed E-state index contributed by atoms with van der Waals surface area (Å²) in [5.41, 5.74) is 3.27. The summed E-state index contributed by atoms with van der Waals surface area (Å²) in [6.07, 6.45) is 6.48. The number of anilines is 2. The number of fused-ring (bicyclic) bond motifs is 1. The van der Waals surface area contributed by atoms with Crippen LogP contribution in [-0.2, 0) is 4.79 Å². The van der Waals surface area contributed by atoms with Gasteiger partial charge in [-0.15, -0.1) is 11.3 Å². The molecule has 0 bridgehead atoms. The van der Waals surface area contributed by atoms with E-state index in [1.165, 1.54) is 11.3 Å². The highest BCUT2D eigenvalue weighted by molar-refractivity contribution is 7.11. The van der Waals surface area contributed by atoms with Crippen molar-refractivity contribution in [1.82, 2.24) is 15.0 Å². The van der Waals surface area contributed by atoms with Crippen molar-refractivity contribution >= 4 is 46.2 Å². The summed E-state index contributed by atoms with van der Waals surface area (Å²) in [5.74, 6) is -0.468. The third-order valence-corrected chi connectivity index (χ3v) is 4.28. The monoisotopic (exact) mass is 337 g/mol. The molecule has 0 saturated carbocycles. The molecule has 2 aromatic heterocycles. The molecule has 1 aromatic carbocycles. The second kappa shape index (κ2) is 5.74. The Bertz CT molecular complexity index is 945. The Labute approximate surface area is 140 Å². The number of rotatable bonds is 3. The van der Waals surface area contributed by atoms with Crippen molar-refractivity contribution in [2.75, 3.05) is 10.6 Å². The first kappa shape index (κ1) is 14.3. The number of aromatic nitrogens is 3. The zero-order valence-corrected chi connectivity index (χ0v) is 13.1. The standard InChI is InChI=1S/C16H11N5O2S/c22-14-12(6-10-7-17-8-19-10)11-5-9(1-2-13(11)21-14)20-15(23)16-18-3-4-24-16/h1-8H,(H,17,19)(H,20,23)(H,21,22)/b12-6-. The summed E-state index contributed by atoms with van der Waals surface area (Å²) in [6.45, 7) is 0. The van der Waals surface area contributed by atoms with Gasteiger partial charge in [-0.05, 0) is 24.3 Å². The van der Waals surface area contributed by atoms with E-state index < -0.39 is 0 Å². The van der Waals surface area contributed by atoms with Crippen molar-refractivity contribution < 1.29 is 9.59 Å². The summed E-state index contributed by atoms with van der Waals surface area (Å²) in [7, 11) is 0. The molecule has 1 aliphatic heterocycles. The molecular formula is C16H11N5O2S. The van der Waals surface area contributed by atoms with Gasteiger partial charge in [0, 0.05) is 28.5 Å². The van der Waals surface area contributed by atoms with E-state index in [9.17, 15) is 9.59 Å². The number of thiazole rings is 1. The molecule has 0 saturated heterocycles. The topological polar surface area (TPSA) is 99.8 Å². The van der Waals surface area contributed by atoms with Gasteiger partial charge >= 0.3 is 0 Å². The molecular weight excluding hydrogens is 326 g/mol. The van der Waals surface area contributed by atoms with Crippen molar-refractivity contribution in [2.24, 2.45) is 0 Å². The molecule has 0 radical (unpaired) electrons. The first-order valence-electron chi connectivity index (χ1n) is 7.07. The third-order valence-electron chi connectivity index (χ3n) is 3.51. The Morgan fingerprint density at radius 1 is 1.33 bits per heavy atom. The van der Waals surface area contributed by atoms with Crippen LogP contribution in [-0.4, -0.2) is 26.8 Å². The lowest BCUT2D eigenvalue weighted by atomic mass is 10.1. The SMILES string of the molecule is O=C1Nc2ccc(NC(=O)c3nccs3)cc2/C1=C/c1cnc[nH]1. The summed E-state index contributed by atoms with van der Waals surface area (Å²) in [6, 6.07) is 5.27. The van der Waals surface area contributed by atoms with E-state index >= 15 is 0 Å². The lowest BCUT2D eigenvalue weighted by molar-refractivity contribution is -0.110. The maximum absolute atomic E-state index is 12.2. The van der Waals surface area contributed by atoms with Gasteiger partial charge in [-0.1, -0.05) is 0 Å². The number of carbonyl (C=O) groups excluding carboxylic acids is 2. The normalized spacial score (nSPS) is 14.5. The second-order valence-corrected chi connectivity index (χ2v) is 5.97. The van der Waals surface area contributed by atoms with Gasteiger partial charge in [-0.3, -0.25) is 9.59 Å². The Kier molecular flexibility index (Phi) is 3.43. The van der Waals surface area contributed by atoms with Crippen molar-refractivity contribution in [3.05, 3.63) is 58.6 Å². The average Bonchev–Trinajstić information content (AvgIpc) is 3.31. The van der Waals surface area contributed by atoms with Gasteiger partial charge in [0.2, 0.25) is 0 Å². The van der Waals surface area contributed by atoms with Gasteiger partial charge in [-0.25, -0.2) is 9.97 Å². The minimum atomic E-state index is -0.277. The van der Waals surface area contributed by atoms with E-state index in [1.54, 1.807) is 48.4 Å². The first-order valence-corrected chi connectivity index (χ1v) is 7.95. The number of hydrogen-bond acceptors (Lipinski definition) is 5. The molecule has 2 amide bonds. The minimum Gasteiger partial charge on any atom is -0.345 e. The Hall–Kier alpha value is -3.26. The van der Waals surface area contributed by atoms with Gasteiger partial charge in [0.15, 0.2) is 5.01 Å². The number of amides is 2. The summed E-state index contributed by atoms with van der Waals surface area (Å²) in [5, 5.41) is 7.72. The maximum atomic E-state index is 12.2. The maximum Gasteiger partial charge on any atom is 0.284 e. The highest BCUT2D eigenvalue weighted by Gasteiger charge is 2.25. The molecule has 3 heterocycles. The number of aromatic amines is 1. The highest BCUT2D eigenvalue weighted by Crippen LogP contribution is 2.35. The van der Waals surface area contributed by atoms with Crippen LogP contribution in [0.1, 0.15) is 21.1 Å². The fourth-order valence-corrected chi connectivity index (χ4v) is 2.96. The molecule has 3 aromatic rings. The summed E-state index contributed by atoms with van der Waals surface area (Å²) >= 11 is 1.27. The smallest absolute Gasteiger partial charge is 0.284 e. The lowest BCUT2D eigenvalue weighted by Crippen LogP contribution is -2.11.